The second-order valence-electron chi connectivity index (χ2n) is 5.70. The third kappa shape index (κ3) is 3.94. The van der Waals surface area contributed by atoms with E-state index in [-0.39, 0.29) is 0 Å². The number of aryl methyl sites for hydroxylation is 2. The summed E-state index contributed by atoms with van der Waals surface area (Å²) in [6, 6.07) is 4.24. The minimum absolute atomic E-state index is 0.548. The van der Waals surface area contributed by atoms with Gasteiger partial charge >= 0.3 is 0 Å². The van der Waals surface area contributed by atoms with Crippen LogP contribution in [0.25, 0.3) is 0 Å². The van der Waals surface area contributed by atoms with E-state index in [0.29, 0.717) is 30.5 Å². The molecule has 1 aliphatic rings. The normalized spacial score (nSPS) is 13.9. The number of pyridine rings is 1. The van der Waals surface area contributed by atoms with E-state index >= 15 is 0 Å². The maximum Gasteiger partial charge on any atom is 0.144 e. The maximum atomic E-state index is 9.23. The molecular formula is C16H23N3O. The summed E-state index contributed by atoms with van der Waals surface area (Å²) in [6.45, 7) is 6.36. The van der Waals surface area contributed by atoms with Crippen molar-refractivity contribution in [1.82, 2.24) is 4.98 Å². The monoisotopic (exact) mass is 273 g/mol. The Kier molecular flexibility index (Phi) is 5.37. The molecule has 4 heteroatoms. The Balaban J connectivity index is 1.95. The van der Waals surface area contributed by atoms with Crippen LogP contribution in [0.1, 0.15) is 43.5 Å². The van der Waals surface area contributed by atoms with E-state index in [1.807, 2.05) is 6.07 Å². The van der Waals surface area contributed by atoms with Gasteiger partial charge in [-0.1, -0.05) is 13.8 Å². The molecular weight excluding hydrogens is 250 g/mol. The summed E-state index contributed by atoms with van der Waals surface area (Å²) in [7, 11) is 0. The summed E-state index contributed by atoms with van der Waals surface area (Å²) >= 11 is 0. The molecule has 4 nitrogen and oxygen atoms in total. The molecule has 108 valence electrons. The summed E-state index contributed by atoms with van der Waals surface area (Å²) in [5.41, 5.74) is 3.05. The standard InChI is InChI=1S/C16H23N3O/c1-12(2)11-20-8-7-18-16-14(10-17)9-13-5-3-4-6-15(13)19-16/h9,12H,3-8,11H2,1-2H3,(H,18,19). The lowest BCUT2D eigenvalue weighted by Crippen LogP contribution is -2.15. The van der Waals surface area contributed by atoms with Crippen molar-refractivity contribution in [3.8, 4) is 6.07 Å². The van der Waals surface area contributed by atoms with Crippen LogP contribution in [0, 0.1) is 17.2 Å². The third-order valence-electron chi connectivity index (χ3n) is 3.41. The molecule has 1 heterocycles. The van der Waals surface area contributed by atoms with Gasteiger partial charge in [-0.2, -0.15) is 5.26 Å². The predicted octanol–water partition coefficient (Wildman–Crippen LogP) is 2.92. The number of ether oxygens (including phenoxy) is 1. The minimum atomic E-state index is 0.548. The van der Waals surface area contributed by atoms with Crippen LogP contribution < -0.4 is 5.32 Å². The summed E-state index contributed by atoms with van der Waals surface area (Å²) in [6.07, 6.45) is 4.48. The highest BCUT2D eigenvalue weighted by atomic mass is 16.5. The number of hydrogen-bond donors (Lipinski definition) is 1. The fourth-order valence-electron chi connectivity index (χ4n) is 2.41. The van der Waals surface area contributed by atoms with E-state index in [2.05, 4.69) is 30.2 Å². The number of aromatic nitrogens is 1. The van der Waals surface area contributed by atoms with Crippen LogP contribution in [-0.4, -0.2) is 24.7 Å². The molecule has 0 amide bonds. The van der Waals surface area contributed by atoms with Crippen LogP contribution in [0.5, 0.6) is 0 Å². The lowest BCUT2D eigenvalue weighted by Gasteiger charge is -2.17. The first-order valence-electron chi connectivity index (χ1n) is 7.45. The Morgan fingerprint density at radius 2 is 2.20 bits per heavy atom. The van der Waals surface area contributed by atoms with Gasteiger partial charge in [0.05, 0.1) is 12.2 Å². The molecule has 0 saturated heterocycles. The average molecular weight is 273 g/mol. The molecule has 0 spiro atoms. The molecule has 2 rings (SSSR count). The molecule has 0 radical (unpaired) electrons. The van der Waals surface area contributed by atoms with Crippen molar-refractivity contribution in [2.45, 2.75) is 39.5 Å². The highest BCUT2D eigenvalue weighted by molar-refractivity contribution is 5.54. The molecule has 1 aromatic heterocycles. The van der Waals surface area contributed by atoms with Crippen molar-refractivity contribution >= 4 is 5.82 Å². The van der Waals surface area contributed by atoms with Gasteiger partial charge in [0.1, 0.15) is 11.9 Å². The first-order valence-corrected chi connectivity index (χ1v) is 7.45. The van der Waals surface area contributed by atoms with E-state index in [9.17, 15) is 5.26 Å². The van der Waals surface area contributed by atoms with E-state index in [4.69, 9.17) is 4.74 Å². The molecule has 1 N–H and O–H groups in total. The molecule has 0 unspecified atom stereocenters. The molecule has 20 heavy (non-hydrogen) atoms. The van der Waals surface area contributed by atoms with Crippen molar-refractivity contribution in [3.63, 3.8) is 0 Å². The fraction of sp³-hybridized carbons (Fsp3) is 0.625. The van der Waals surface area contributed by atoms with Gasteiger partial charge in [-0.15, -0.1) is 0 Å². The Labute approximate surface area is 121 Å². The lowest BCUT2D eigenvalue weighted by molar-refractivity contribution is 0.118. The number of nitriles is 1. The second-order valence-corrected chi connectivity index (χ2v) is 5.70. The van der Waals surface area contributed by atoms with Crippen LogP contribution in [-0.2, 0) is 17.6 Å². The van der Waals surface area contributed by atoms with Crippen LogP contribution >= 0.6 is 0 Å². The van der Waals surface area contributed by atoms with E-state index in [1.54, 1.807) is 0 Å². The zero-order valence-corrected chi connectivity index (χ0v) is 12.4. The van der Waals surface area contributed by atoms with Crippen molar-refractivity contribution in [2.75, 3.05) is 25.1 Å². The number of anilines is 1. The van der Waals surface area contributed by atoms with E-state index < -0.39 is 0 Å². The first kappa shape index (κ1) is 14.8. The van der Waals surface area contributed by atoms with Crippen LogP contribution in [0.3, 0.4) is 0 Å². The Bertz CT molecular complexity index is 491. The summed E-state index contributed by atoms with van der Waals surface area (Å²) < 4.78 is 5.53. The first-order chi connectivity index (χ1) is 9.70. The molecule has 0 aliphatic heterocycles. The zero-order chi connectivity index (χ0) is 14.4. The lowest BCUT2D eigenvalue weighted by atomic mass is 9.95. The van der Waals surface area contributed by atoms with Crippen molar-refractivity contribution in [1.29, 1.82) is 5.26 Å². The Morgan fingerprint density at radius 3 is 2.95 bits per heavy atom. The van der Waals surface area contributed by atoms with Crippen LogP contribution in [0.2, 0.25) is 0 Å². The van der Waals surface area contributed by atoms with Gasteiger partial charge in [-0.3, -0.25) is 0 Å². The largest absolute Gasteiger partial charge is 0.379 e. The fourth-order valence-corrected chi connectivity index (χ4v) is 2.41. The van der Waals surface area contributed by atoms with Gasteiger partial charge in [-0.05, 0) is 43.2 Å². The molecule has 0 aromatic carbocycles. The average Bonchev–Trinajstić information content (AvgIpc) is 2.45. The zero-order valence-electron chi connectivity index (χ0n) is 12.4. The molecule has 0 atom stereocenters. The van der Waals surface area contributed by atoms with Gasteiger partial charge in [0.15, 0.2) is 0 Å². The maximum absolute atomic E-state index is 9.23. The molecule has 1 aromatic rings. The quantitative estimate of drug-likeness (QED) is 0.810. The van der Waals surface area contributed by atoms with E-state index in [1.165, 1.54) is 18.4 Å². The van der Waals surface area contributed by atoms with Crippen molar-refractivity contribution < 1.29 is 4.74 Å². The number of fused-ring (bicyclic) bond motifs is 1. The number of nitrogens with zero attached hydrogens (tertiary/aromatic N) is 2. The summed E-state index contributed by atoms with van der Waals surface area (Å²) in [5.74, 6) is 1.26. The SMILES string of the molecule is CC(C)COCCNc1nc2c(cc1C#N)CCCC2. The van der Waals surface area contributed by atoms with Gasteiger partial charge in [0, 0.05) is 18.8 Å². The number of nitrogens with one attached hydrogen (secondary N) is 1. The molecule has 1 aliphatic carbocycles. The number of hydrogen-bond acceptors (Lipinski definition) is 4. The number of rotatable bonds is 6. The highest BCUT2D eigenvalue weighted by Gasteiger charge is 2.14. The smallest absolute Gasteiger partial charge is 0.144 e. The van der Waals surface area contributed by atoms with Crippen molar-refractivity contribution in [2.24, 2.45) is 5.92 Å². The predicted molar refractivity (Wildman–Crippen MR) is 79.7 cm³/mol. The molecule has 0 saturated carbocycles. The summed E-state index contributed by atoms with van der Waals surface area (Å²) in [5, 5.41) is 12.5. The topological polar surface area (TPSA) is 57.9 Å². The molecule has 0 fully saturated rings. The van der Waals surface area contributed by atoms with Crippen LogP contribution in [0.15, 0.2) is 6.07 Å². The van der Waals surface area contributed by atoms with Gasteiger partial charge in [0.2, 0.25) is 0 Å². The highest BCUT2D eigenvalue weighted by Crippen LogP contribution is 2.24. The van der Waals surface area contributed by atoms with Gasteiger partial charge in [-0.25, -0.2) is 4.98 Å². The van der Waals surface area contributed by atoms with Crippen molar-refractivity contribution in [3.05, 3.63) is 22.9 Å². The Hall–Kier alpha value is -1.60. The second kappa shape index (κ2) is 7.25. The summed E-state index contributed by atoms with van der Waals surface area (Å²) in [4.78, 5) is 4.63. The van der Waals surface area contributed by atoms with E-state index in [0.717, 1.165) is 25.1 Å². The molecule has 0 bridgehead atoms. The third-order valence-corrected chi connectivity index (χ3v) is 3.41. The van der Waals surface area contributed by atoms with Crippen LogP contribution in [0.4, 0.5) is 5.82 Å². The van der Waals surface area contributed by atoms with Gasteiger partial charge < -0.3 is 10.1 Å². The van der Waals surface area contributed by atoms with Gasteiger partial charge in [0.25, 0.3) is 0 Å². The Morgan fingerprint density at radius 1 is 1.40 bits per heavy atom. The minimum Gasteiger partial charge on any atom is -0.379 e.